The van der Waals surface area contributed by atoms with E-state index in [1.807, 2.05) is 30.3 Å². The predicted molar refractivity (Wildman–Crippen MR) is 78.4 cm³/mol. The van der Waals surface area contributed by atoms with Crippen LogP contribution < -0.4 is 5.73 Å². The maximum Gasteiger partial charge on any atom is 0.348 e. The summed E-state index contributed by atoms with van der Waals surface area (Å²) in [5.74, 6) is -1.42. The molecule has 0 radical (unpaired) electrons. The molecule has 2 aromatic rings. The highest BCUT2D eigenvalue weighted by molar-refractivity contribution is 5.73. The Morgan fingerprint density at radius 1 is 1.45 bits per heavy atom. The molecule has 22 heavy (non-hydrogen) atoms. The molecular formula is C14H16N4O4. The van der Waals surface area contributed by atoms with Crippen LogP contribution in [0.2, 0.25) is 0 Å². The number of benzene rings is 1. The van der Waals surface area contributed by atoms with E-state index < -0.39 is 16.9 Å². The van der Waals surface area contributed by atoms with Crippen molar-refractivity contribution < 1.29 is 14.8 Å². The number of rotatable bonds is 6. The van der Waals surface area contributed by atoms with Gasteiger partial charge in [0.15, 0.2) is 0 Å². The van der Waals surface area contributed by atoms with Crippen molar-refractivity contribution in [2.75, 3.05) is 0 Å². The maximum atomic E-state index is 11.2. The highest BCUT2D eigenvalue weighted by atomic mass is 16.6. The number of carboxylic acid groups (broad SMARTS) is 1. The number of nitrogens with two attached hydrogens (primary N) is 1. The first-order valence-electron chi connectivity index (χ1n) is 6.61. The van der Waals surface area contributed by atoms with Crippen LogP contribution in [0.1, 0.15) is 16.8 Å². The summed E-state index contributed by atoms with van der Waals surface area (Å²) in [5.41, 5.74) is 7.20. The molecule has 1 aromatic heterocycles. The Kier molecular flexibility index (Phi) is 4.52. The summed E-state index contributed by atoms with van der Waals surface area (Å²) in [6.07, 6.45) is 0.242. The van der Waals surface area contributed by atoms with E-state index in [9.17, 15) is 14.9 Å². The number of hydrogen-bond acceptors (Lipinski definition) is 5. The fourth-order valence-corrected chi connectivity index (χ4v) is 2.29. The van der Waals surface area contributed by atoms with Gasteiger partial charge in [0.25, 0.3) is 0 Å². The molecule has 8 nitrogen and oxygen atoms in total. The van der Waals surface area contributed by atoms with Gasteiger partial charge in [-0.25, -0.2) is 0 Å². The summed E-state index contributed by atoms with van der Waals surface area (Å²) in [4.78, 5) is 21.6. The molecule has 0 saturated carbocycles. The summed E-state index contributed by atoms with van der Waals surface area (Å²) in [6.45, 7) is 0. The molecule has 8 heteroatoms. The number of carbonyl (C=O) groups is 1. The average molecular weight is 304 g/mol. The van der Waals surface area contributed by atoms with Crippen LogP contribution in [0.15, 0.2) is 30.3 Å². The lowest BCUT2D eigenvalue weighted by Gasteiger charge is -2.06. The Bertz CT molecular complexity index is 696. The average Bonchev–Trinajstić information content (AvgIpc) is 2.75. The van der Waals surface area contributed by atoms with E-state index in [1.54, 1.807) is 0 Å². The van der Waals surface area contributed by atoms with E-state index in [2.05, 4.69) is 5.10 Å². The van der Waals surface area contributed by atoms with E-state index >= 15 is 0 Å². The smallest absolute Gasteiger partial charge is 0.348 e. The van der Waals surface area contributed by atoms with Gasteiger partial charge in [-0.05, 0) is 10.5 Å². The lowest BCUT2D eigenvalue weighted by atomic mass is 10.0. The fourth-order valence-electron chi connectivity index (χ4n) is 2.29. The van der Waals surface area contributed by atoms with Gasteiger partial charge in [-0.3, -0.25) is 4.79 Å². The van der Waals surface area contributed by atoms with Crippen molar-refractivity contribution in [1.29, 1.82) is 0 Å². The number of aliphatic carboxylic acids is 1. The van der Waals surface area contributed by atoms with Crippen molar-refractivity contribution in [3.63, 3.8) is 0 Å². The predicted octanol–water partition coefficient (Wildman–Crippen LogP) is 0.874. The molecule has 0 amide bonds. The van der Waals surface area contributed by atoms with Crippen LogP contribution in [-0.4, -0.2) is 31.8 Å². The van der Waals surface area contributed by atoms with Crippen molar-refractivity contribution in [2.24, 2.45) is 12.8 Å². The Balaban J connectivity index is 2.42. The summed E-state index contributed by atoms with van der Waals surface area (Å²) >= 11 is 0. The van der Waals surface area contributed by atoms with Crippen LogP contribution in [0.3, 0.4) is 0 Å². The quantitative estimate of drug-likeness (QED) is 0.602. The van der Waals surface area contributed by atoms with E-state index in [-0.39, 0.29) is 17.8 Å². The Labute approximate surface area is 126 Å². The van der Waals surface area contributed by atoms with E-state index in [4.69, 9.17) is 10.8 Å². The van der Waals surface area contributed by atoms with Gasteiger partial charge in [0.05, 0.1) is 11.3 Å². The third-order valence-electron chi connectivity index (χ3n) is 3.32. The number of hydrogen-bond donors (Lipinski definition) is 2. The van der Waals surface area contributed by atoms with Gasteiger partial charge < -0.3 is 21.0 Å². The molecule has 0 fully saturated rings. The molecule has 0 unspecified atom stereocenters. The van der Waals surface area contributed by atoms with Crippen molar-refractivity contribution in [3.05, 3.63) is 57.3 Å². The SMILES string of the molecule is Cn1nc(Cc2ccccc2)c(C[C@H](N)C(=O)O)c1[N+](=O)[O-]. The normalized spacial score (nSPS) is 12.1. The topological polar surface area (TPSA) is 124 Å². The molecule has 1 heterocycles. The van der Waals surface area contributed by atoms with Gasteiger partial charge >= 0.3 is 11.8 Å². The standard InChI is InChI=1S/C14H16N4O4/c1-17-13(18(21)22)10(8-11(15)14(19)20)12(16-17)7-9-5-3-2-4-6-9/h2-6,11H,7-8,15H2,1H3,(H,19,20)/t11-/m0/s1. The van der Waals surface area contributed by atoms with Crippen LogP contribution >= 0.6 is 0 Å². The highest BCUT2D eigenvalue weighted by Gasteiger charge is 2.28. The molecule has 0 spiro atoms. The summed E-state index contributed by atoms with van der Waals surface area (Å²) < 4.78 is 1.15. The minimum absolute atomic E-state index is 0.137. The number of nitro groups is 1. The molecule has 0 bridgehead atoms. The van der Waals surface area contributed by atoms with Gasteiger partial charge in [0, 0.05) is 12.8 Å². The van der Waals surface area contributed by atoms with E-state index in [0.717, 1.165) is 10.2 Å². The first-order valence-corrected chi connectivity index (χ1v) is 6.61. The van der Waals surface area contributed by atoms with Crippen LogP contribution in [-0.2, 0) is 24.7 Å². The van der Waals surface area contributed by atoms with Crippen LogP contribution in [0.25, 0.3) is 0 Å². The molecule has 116 valence electrons. The largest absolute Gasteiger partial charge is 0.480 e. The second-order valence-electron chi connectivity index (χ2n) is 4.94. The van der Waals surface area contributed by atoms with Crippen LogP contribution in [0.4, 0.5) is 5.82 Å². The number of aromatic nitrogens is 2. The van der Waals surface area contributed by atoms with Crippen LogP contribution in [0, 0.1) is 10.1 Å². The maximum absolute atomic E-state index is 11.2. The van der Waals surface area contributed by atoms with E-state index in [0.29, 0.717) is 12.1 Å². The van der Waals surface area contributed by atoms with Gasteiger partial charge in [-0.1, -0.05) is 35.4 Å². The zero-order valence-corrected chi connectivity index (χ0v) is 12.0. The van der Waals surface area contributed by atoms with Gasteiger partial charge in [-0.15, -0.1) is 4.68 Å². The first kappa shape index (κ1) is 15.6. The van der Waals surface area contributed by atoms with Crippen LogP contribution in [0.5, 0.6) is 0 Å². The Morgan fingerprint density at radius 3 is 2.64 bits per heavy atom. The zero-order chi connectivity index (χ0) is 16.3. The first-order chi connectivity index (χ1) is 10.4. The molecule has 0 aliphatic heterocycles. The summed E-state index contributed by atoms with van der Waals surface area (Å²) in [7, 11) is 1.46. The number of carboxylic acids is 1. The van der Waals surface area contributed by atoms with Crippen molar-refractivity contribution in [2.45, 2.75) is 18.9 Å². The highest BCUT2D eigenvalue weighted by Crippen LogP contribution is 2.25. The molecule has 3 N–H and O–H groups in total. The Morgan fingerprint density at radius 2 is 2.09 bits per heavy atom. The van der Waals surface area contributed by atoms with Gasteiger partial charge in [0.1, 0.15) is 13.1 Å². The van der Waals surface area contributed by atoms with E-state index in [1.165, 1.54) is 7.05 Å². The molecule has 0 aliphatic carbocycles. The zero-order valence-electron chi connectivity index (χ0n) is 12.0. The third kappa shape index (κ3) is 3.29. The lowest BCUT2D eigenvalue weighted by Crippen LogP contribution is -2.32. The Hall–Kier alpha value is -2.74. The molecule has 1 atom stereocenters. The molecule has 0 aliphatic rings. The monoisotopic (exact) mass is 304 g/mol. The fraction of sp³-hybridized carbons (Fsp3) is 0.286. The number of aryl methyl sites for hydroxylation is 1. The molecule has 0 saturated heterocycles. The van der Waals surface area contributed by atoms with Crippen molar-refractivity contribution >= 4 is 11.8 Å². The van der Waals surface area contributed by atoms with Crippen molar-refractivity contribution in [3.8, 4) is 0 Å². The number of nitrogens with zero attached hydrogens (tertiary/aromatic N) is 3. The summed E-state index contributed by atoms with van der Waals surface area (Å²) in [6, 6.07) is 8.12. The third-order valence-corrected chi connectivity index (χ3v) is 3.32. The molecule has 1 aromatic carbocycles. The molecule has 2 rings (SSSR count). The lowest BCUT2D eigenvalue weighted by molar-refractivity contribution is -0.393. The second-order valence-corrected chi connectivity index (χ2v) is 4.94. The van der Waals surface area contributed by atoms with Crippen molar-refractivity contribution in [1.82, 2.24) is 9.78 Å². The van der Waals surface area contributed by atoms with Gasteiger partial charge in [-0.2, -0.15) is 0 Å². The summed E-state index contributed by atoms with van der Waals surface area (Å²) in [5, 5.41) is 24.3. The van der Waals surface area contributed by atoms with Gasteiger partial charge in [0.2, 0.25) is 0 Å². The second kappa shape index (κ2) is 6.35. The minimum atomic E-state index is -1.21. The minimum Gasteiger partial charge on any atom is -0.480 e. The molecular weight excluding hydrogens is 288 g/mol.